The van der Waals surface area contributed by atoms with Crippen molar-refractivity contribution in [2.45, 2.75) is 17.3 Å². The number of thioether (sulfide) groups is 1. The van der Waals surface area contributed by atoms with Crippen molar-refractivity contribution in [1.29, 1.82) is 0 Å². The zero-order chi connectivity index (χ0) is 14.5. The highest BCUT2D eigenvalue weighted by molar-refractivity contribution is 8.00. The van der Waals surface area contributed by atoms with E-state index in [1.54, 1.807) is 23.8 Å². The Morgan fingerprint density at radius 2 is 2.45 bits per heavy atom. The van der Waals surface area contributed by atoms with Crippen LogP contribution in [0, 0.1) is 12.3 Å². The van der Waals surface area contributed by atoms with Crippen LogP contribution in [0.3, 0.4) is 0 Å². The molecule has 1 unspecified atom stereocenters. The Hall–Kier alpha value is -2.20. The van der Waals surface area contributed by atoms with Gasteiger partial charge in [-0.3, -0.25) is 4.79 Å². The Labute approximate surface area is 120 Å². The van der Waals surface area contributed by atoms with E-state index >= 15 is 0 Å². The van der Waals surface area contributed by atoms with Crippen molar-refractivity contribution in [3.63, 3.8) is 0 Å². The molecule has 2 rings (SSSR count). The van der Waals surface area contributed by atoms with Gasteiger partial charge in [0.15, 0.2) is 16.7 Å². The fraction of sp³-hybridized carbons (Fsp3) is 0.308. The average molecular weight is 290 g/mol. The lowest BCUT2D eigenvalue weighted by Crippen LogP contribution is -2.31. The third kappa shape index (κ3) is 3.03. The summed E-state index contributed by atoms with van der Waals surface area (Å²) in [6.45, 7) is 2.01. The maximum atomic E-state index is 11.7. The highest BCUT2D eigenvalue weighted by Gasteiger charge is 2.19. The number of amides is 1. The maximum absolute atomic E-state index is 11.7. The molecular formula is C13H14N4O2S. The molecule has 1 atom stereocenters. The molecule has 2 heterocycles. The topological polar surface area (TPSA) is 73.0 Å². The van der Waals surface area contributed by atoms with Gasteiger partial charge in [-0.15, -0.1) is 16.6 Å². The molecule has 0 aliphatic rings. The summed E-state index contributed by atoms with van der Waals surface area (Å²) in [6.07, 6.45) is 6.68. The summed E-state index contributed by atoms with van der Waals surface area (Å²) in [4.78, 5) is 11.7. The second-order valence-corrected chi connectivity index (χ2v) is 5.33. The van der Waals surface area contributed by atoms with Crippen LogP contribution in [0.5, 0.6) is 0 Å². The number of nitrogens with zero attached hydrogens (tertiary/aromatic N) is 3. The summed E-state index contributed by atoms with van der Waals surface area (Å²) in [5.74, 6) is 3.49. The Morgan fingerprint density at radius 3 is 3.10 bits per heavy atom. The van der Waals surface area contributed by atoms with Crippen LogP contribution in [0.25, 0.3) is 11.6 Å². The zero-order valence-electron chi connectivity index (χ0n) is 11.2. The first kappa shape index (κ1) is 14.2. The van der Waals surface area contributed by atoms with Crippen molar-refractivity contribution in [3.8, 4) is 23.9 Å². The first-order valence-corrected chi connectivity index (χ1v) is 6.82. The van der Waals surface area contributed by atoms with E-state index in [0.717, 1.165) is 0 Å². The first-order valence-electron chi connectivity index (χ1n) is 5.94. The van der Waals surface area contributed by atoms with Gasteiger partial charge < -0.3 is 14.3 Å². The van der Waals surface area contributed by atoms with Crippen LogP contribution < -0.4 is 5.32 Å². The molecule has 6 nitrogen and oxygen atoms in total. The average Bonchev–Trinajstić information content (AvgIpc) is 3.07. The molecule has 20 heavy (non-hydrogen) atoms. The fourth-order valence-electron chi connectivity index (χ4n) is 1.53. The summed E-state index contributed by atoms with van der Waals surface area (Å²) in [5, 5.41) is 11.1. The maximum Gasteiger partial charge on any atom is 0.234 e. The Balaban J connectivity index is 2.08. The summed E-state index contributed by atoms with van der Waals surface area (Å²) in [6, 6.07) is 3.59. The molecule has 0 saturated heterocycles. The van der Waals surface area contributed by atoms with E-state index < -0.39 is 0 Å². The highest BCUT2D eigenvalue weighted by atomic mass is 32.2. The lowest BCUT2D eigenvalue weighted by atomic mass is 10.4. The van der Waals surface area contributed by atoms with Crippen LogP contribution in [-0.2, 0) is 11.8 Å². The molecule has 104 valence electrons. The van der Waals surface area contributed by atoms with Gasteiger partial charge in [-0.1, -0.05) is 17.7 Å². The van der Waals surface area contributed by atoms with Crippen molar-refractivity contribution >= 4 is 17.7 Å². The van der Waals surface area contributed by atoms with E-state index in [9.17, 15) is 4.79 Å². The highest BCUT2D eigenvalue weighted by Crippen LogP contribution is 2.25. The van der Waals surface area contributed by atoms with Crippen molar-refractivity contribution in [3.05, 3.63) is 18.4 Å². The minimum atomic E-state index is -0.310. The Bertz CT molecular complexity index is 627. The molecule has 2 aromatic rings. The normalized spacial score (nSPS) is 11.8. The van der Waals surface area contributed by atoms with Gasteiger partial charge in [-0.2, -0.15) is 0 Å². The predicted octanol–water partition coefficient (Wildman–Crippen LogP) is 1.31. The van der Waals surface area contributed by atoms with Gasteiger partial charge in [0.05, 0.1) is 18.1 Å². The molecule has 2 aromatic heterocycles. The number of carbonyl (C=O) groups excluding carboxylic acids is 1. The molecule has 0 aliphatic carbocycles. The van der Waals surface area contributed by atoms with Crippen LogP contribution >= 0.6 is 11.8 Å². The van der Waals surface area contributed by atoms with Crippen LogP contribution in [0.2, 0.25) is 0 Å². The minimum absolute atomic E-state index is 0.129. The van der Waals surface area contributed by atoms with Gasteiger partial charge in [0.25, 0.3) is 0 Å². The van der Waals surface area contributed by atoms with E-state index in [1.165, 1.54) is 11.8 Å². The molecule has 0 aliphatic heterocycles. The summed E-state index contributed by atoms with van der Waals surface area (Å²) >= 11 is 1.31. The van der Waals surface area contributed by atoms with Gasteiger partial charge in [-0.25, -0.2) is 0 Å². The van der Waals surface area contributed by atoms with E-state index in [1.807, 2.05) is 13.1 Å². The molecule has 0 fully saturated rings. The molecule has 7 heteroatoms. The molecular weight excluding hydrogens is 276 g/mol. The largest absolute Gasteiger partial charge is 0.461 e. The smallest absolute Gasteiger partial charge is 0.234 e. The van der Waals surface area contributed by atoms with Gasteiger partial charge in [-0.05, 0) is 19.1 Å². The molecule has 0 aromatic carbocycles. The van der Waals surface area contributed by atoms with Crippen LogP contribution in [0.1, 0.15) is 6.92 Å². The zero-order valence-corrected chi connectivity index (χ0v) is 12.0. The minimum Gasteiger partial charge on any atom is -0.461 e. The van der Waals surface area contributed by atoms with Crippen molar-refractivity contribution in [2.24, 2.45) is 7.05 Å². The van der Waals surface area contributed by atoms with E-state index in [-0.39, 0.29) is 17.7 Å². The monoisotopic (exact) mass is 290 g/mol. The summed E-state index contributed by atoms with van der Waals surface area (Å²) in [5.41, 5.74) is 0. The van der Waals surface area contributed by atoms with Gasteiger partial charge >= 0.3 is 0 Å². The van der Waals surface area contributed by atoms with E-state index in [2.05, 4.69) is 21.4 Å². The molecule has 0 saturated carbocycles. The molecule has 0 bridgehead atoms. The third-order valence-electron chi connectivity index (χ3n) is 2.59. The number of furan rings is 1. The number of hydrogen-bond acceptors (Lipinski definition) is 5. The van der Waals surface area contributed by atoms with Gasteiger partial charge in [0.2, 0.25) is 5.91 Å². The fourth-order valence-corrected chi connectivity index (χ4v) is 2.37. The molecule has 0 spiro atoms. The van der Waals surface area contributed by atoms with Gasteiger partial charge in [0, 0.05) is 7.05 Å². The van der Waals surface area contributed by atoms with Crippen molar-refractivity contribution < 1.29 is 9.21 Å². The summed E-state index contributed by atoms with van der Waals surface area (Å²) < 4.78 is 7.07. The van der Waals surface area contributed by atoms with Crippen LogP contribution in [-0.4, -0.2) is 32.5 Å². The molecule has 1 N–H and O–H groups in total. The number of nitrogens with one attached hydrogen (secondary N) is 1. The number of hydrogen-bond donors (Lipinski definition) is 1. The third-order valence-corrected chi connectivity index (χ3v) is 3.73. The van der Waals surface area contributed by atoms with Crippen molar-refractivity contribution in [1.82, 2.24) is 20.1 Å². The summed E-state index contributed by atoms with van der Waals surface area (Å²) in [7, 11) is 1.83. The van der Waals surface area contributed by atoms with Gasteiger partial charge in [0.1, 0.15) is 0 Å². The van der Waals surface area contributed by atoms with Crippen LogP contribution in [0.15, 0.2) is 28.0 Å². The second-order valence-electron chi connectivity index (χ2n) is 4.02. The SMILES string of the molecule is C#CCNC(=O)C(C)Sc1nnc(-c2ccco2)n1C. The number of aromatic nitrogens is 3. The molecule has 1 amide bonds. The Morgan fingerprint density at radius 1 is 1.65 bits per heavy atom. The standard InChI is InChI=1S/C13H14N4O2S/c1-4-7-14-12(18)9(2)20-13-16-15-11(17(13)3)10-6-5-8-19-10/h1,5-6,8-9H,7H2,2-3H3,(H,14,18). The molecule has 0 radical (unpaired) electrons. The Kier molecular flexibility index (Phi) is 4.48. The quantitative estimate of drug-likeness (QED) is 0.664. The lowest BCUT2D eigenvalue weighted by Gasteiger charge is -2.09. The first-order chi connectivity index (χ1) is 9.63. The number of carbonyl (C=O) groups is 1. The van der Waals surface area contributed by atoms with Crippen LogP contribution in [0.4, 0.5) is 0 Å². The second kappa shape index (κ2) is 6.30. The lowest BCUT2D eigenvalue weighted by molar-refractivity contribution is -0.120. The predicted molar refractivity (Wildman–Crippen MR) is 75.9 cm³/mol. The number of terminal acetylenes is 1. The number of rotatable bonds is 5. The van der Waals surface area contributed by atoms with Crippen molar-refractivity contribution in [2.75, 3.05) is 6.54 Å². The van der Waals surface area contributed by atoms with E-state index in [4.69, 9.17) is 10.8 Å². The van der Waals surface area contributed by atoms with E-state index in [0.29, 0.717) is 16.7 Å².